The van der Waals surface area contributed by atoms with E-state index in [1.807, 2.05) is 6.07 Å². The summed E-state index contributed by atoms with van der Waals surface area (Å²) < 4.78 is 4.81. The van der Waals surface area contributed by atoms with Crippen LogP contribution in [0.1, 0.15) is 55.3 Å². The van der Waals surface area contributed by atoms with Crippen LogP contribution < -0.4 is 10.2 Å². The van der Waals surface area contributed by atoms with Crippen molar-refractivity contribution in [2.75, 3.05) is 30.4 Å². The van der Waals surface area contributed by atoms with Crippen molar-refractivity contribution in [2.45, 2.75) is 44.9 Å². The number of amides is 1. The summed E-state index contributed by atoms with van der Waals surface area (Å²) in [5, 5.41) is 3.09. The second kappa shape index (κ2) is 7.69. The van der Waals surface area contributed by atoms with Crippen LogP contribution in [0.5, 0.6) is 0 Å². The first kappa shape index (κ1) is 16.8. The summed E-state index contributed by atoms with van der Waals surface area (Å²) in [6, 6.07) is 5.45. The fourth-order valence-corrected chi connectivity index (χ4v) is 3.71. The van der Waals surface area contributed by atoms with Gasteiger partial charge in [-0.1, -0.05) is 19.3 Å². The van der Waals surface area contributed by atoms with Crippen LogP contribution in [0.3, 0.4) is 0 Å². The summed E-state index contributed by atoms with van der Waals surface area (Å²) in [6.45, 7) is 1.98. The molecule has 1 aliphatic carbocycles. The van der Waals surface area contributed by atoms with E-state index in [0.717, 1.165) is 63.0 Å². The average molecular weight is 330 g/mol. The van der Waals surface area contributed by atoms with Gasteiger partial charge in [-0.2, -0.15) is 0 Å². The van der Waals surface area contributed by atoms with Gasteiger partial charge in [-0.3, -0.25) is 4.79 Å². The van der Waals surface area contributed by atoms with Gasteiger partial charge in [0.15, 0.2) is 0 Å². The molecule has 1 N–H and O–H groups in total. The number of rotatable bonds is 4. The summed E-state index contributed by atoms with van der Waals surface area (Å²) in [4.78, 5) is 26.8. The SMILES string of the molecule is COC(=O)c1ccc(N2CCCC2)c(NC(=O)C2CCCCC2)c1. The molecule has 1 aromatic rings. The van der Waals surface area contributed by atoms with Crippen LogP contribution in [0.4, 0.5) is 11.4 Å². The largest absolute Gasteiger partial charge is 0.465 e. The summed E-state index contributed by atoms with van der Waals surface area (Å²) in [5.41, 5.74) is 2.21. The zero-order valence-electron chi connectivity index (χ0n) is 14.3. The summed E-state index contributed by atoms with van der Waals surface area (Å²) in [7, 11) is 1.37. The molecule has 0 atom stereocenters. The van der Waals surface area contributed by atoms with Gasteiger partial charge in [0, 0.05) is 19.0 Å². The van der Waals surface area contributed by atoms with E-state index in [9.17, 15) is 9.59 Å². The third-order valence-electron chi connectivity index (χ3n) is 5.10. The lowest BCUT2D eigenvalue weighted by molar-refractivity contribution is -0.120. The van der Waals surface area contributed by atoms with E-state index in [1.165, 1.54) is 13.5 Å². The standard InChI is InChI=1S/C19H26N2O3/c1-24-19(23)15-9-10-17(21-11-5-6-12-21)16(13-15)20-18(22)14-7-3-2-4-8-14/h9-10,13-14H,2-8,11-12H2,1H3,(H,20,22). The van der Waals surface area contributed by atoms with Crippen molar-refractivity contribution < 1.29 is 14.3 Å². The van der Waals surface area contributed by atoms with Crippen molar-refractivity contribution in [3.05, 3.63) is 23.8 Å². The van der Waals surface area contributed by atoms with Gasteiger partial charge in [-0.15, -0.1) is 0 Å². The first-order chi connectivity index (χ1) is 11.7. The monoisotopic (exact) mass is 330 g/mol. The number of anilines is 2. The Morgan fingerprint density at radius 3 is 2.46 bits per heavy atom. The third kappa shape index (κ3) is 3.71. The predicted octanol–water partition coefficient (Wildman–Crippen LogP) is 3.59. The number of nitrogens with one attached hydrogen (secondary N) is 1. The van der Waals surface area contributed by atoms with E-state index >= 15 is 0 Å². The van der Waals surface area contributed by atoms with Crippen molar-refractivity contribution >= 4 is 23.3 Å². The second-order valence-electron chi connectivity index (χ2n) is 6.74. The Hall–Kier alpha value is -2.04. The summed E-state index contributed by atoms with van der Waals surface area (Å²) in [5.74, 6) is -0.208. The van der Waals surface area contributed by atoms with Gasteiger partial charge in [-0.05, 0) is 43.9 Å². The van der Waals surface area contributed by atoms with E-state index in [2.05, 4.69) is 10.2 Å². The zero-order valence-corrected chi connectivity index (χ0v) is 14.3. The van der Waals surface area contributed by atoms with Crippen LogP contribution in [0.25, 0.3) is 0 Å². The van der Waals surface area contributed by atoms with E-state index < -0.39 is 0 Å². The lowest BCUT2D eigenvalue weighted by Crippen LogP contribution is -2.27. The first-order valence-electron chi connectivity index (χ1n) is 8.97. The molecule has 0 bridgehead atoms. The minimum atomic E-state index is -0.379. The molecule has 0 aromatic heterocycles. The van der Waals surface area contributed by atoms with Gasteiger partial charge in [0.1, 0.15) is 0 Å². The van der Waals surface area contributed by atoms with Gasteiger partial charge in [-0.25, -0.2) is 4.79 Å². The molecule has 1 saturated carbocycles. The number of nitrogens with zero attached hydrogens (tertiary/aromatic N) is 1. The smallest absolute Gasteiger partial charge is 0.337 e. The van der Waals surface area contributed by atoms with Gasteiger partial charge in [0.05, 0.1) is 24.0 Å². The second-order valence-corrected chi connectivity index (χ2v) is 6.74. The van der Waals surface area contributed by atoms with Crippen molar-refractivity contribution in [1.82, 2.24) is 0 Å². The van der Waals surface area contributed by atoms with Crippen LogP contribution in [-0.2, 0) is 9.53 Å². The van der Waals surface area contributed by atoms with Crippen LogP contribution in [0.15, 0.2) is 18.2 Å². The van der Waals surface area contributed by atoms with E-state index in [1.54, 1.807) is 12.1 Å². The first-order valence-corrected chi connectivity index (χ1v) is 8.97. The molecule has 0 unspecified atom stereocenters. The number of carbonyl (C=O) groups is 2. The number of carbonyl (C=O) groups excluding carboxylic acids is 2. The Bertz CT molecular complexity index is 603. The lowest BCUT2D eigenvalue weighted by Gasteiger charge is -2.25. The minimum absolute atomic E-state index is 0.0807. The number of ether oxygens (including phenoxy) is 1. The molecule has 130 valence electrons. The van der Waals surface area contributed by atoms with Crippen molar-refractivity contribution in [3.8, 4) is 0 Å². The lowest BCUT2D eigenvalue weighted by atomic mass is 9.88. The van der Waals surface area contributed by atoms with Crippen LogP contribution in [0, 0.1) is 5.92 Å². The van der Waals surface area contributed by atoms with Crippen LogP contribution in [-0.4, -0.2) is 32.1 Å². The van der Waals surface area contributed by atoms with Gasteiger partial charge in [0.25, 0.3) is 0 Å². The van der Waals surface area contributed by atoms with Crippen molar-refractivity contribution in [2.24, 2.45) is 5.92 Å². The Morgan fingerprint density at radius 1 is 1.08 bits per heavy atom. The molecule has 3 rings (SSSR count). The fraction of sp³-hybridized carbons (Fsp3) is 0.579. The Labute approximate surface area is 143 Å². The topological polar surface area (TPSA) is 58.6 Å². The zero-order chi connectivity index (χ0) is 16.9. The molecule has 0 radical (unpaired) electrons. The fourth-order valence-electron chi connectivity index (χ4n) is 3.71. The molecule has 5 nitrogen and oxygen atoms in total. The molecule has 1 saturated heterocycles. The number of benzene rings is 1. The molecule has 1 aliphatic heterocycles. The number of hydrogen-bond donors (Lipinski definition) is 1. The van der Waals surface area contributed by atoms with E-state index in [0.29, 0.717) is 5.56 Å². The molecular weight excluding hydrogens is 304 g/mol. The molecule has 1 heterocycles. The molecule has 1 amide bonds. The third-order valence-corrected chi connectivity index (χ3v) is 5.10. The minimum Gasteiger partial charge on any atom is -0.465 e. The Kier molecular flexibility index (Phi) is 5.38. The molecule has 2 fully saturated rings. The molecular formula is C19H26N2O3. The van der Waals surface area contributed by atoms with Crippen LogP contribution in [0.2, 0.25) is 0 Å². The van der Waals surface area contributed by atoms with E-state index in [4.69, 9.17) is 4.74 Å². The van der Waals surface area contributed by atoms with E-state index in [-0.39, 0.29) is 17.8 Å². The quantitative estimate of drug-likeness (QED) is 0.857. The average Bonchev–Trinajstić information content (AvgIpc) is 3.16. The molecule has 1 aromatic carbocycles. The molecule has 2 aliphatic rings. The molecule has 5 heteroatoms. The maximum atomic E-state index is 12.6. The highest BCUT2D eigenvalue weighted by Crippen LogP contribution is 2.32. The van der Waals surface area contributed by atoms with Gasteiger partial charge >= 0.3 is 5.97 Å². The molecule has 0 spiro atoms. The Balaban J connectivity index is 1.83. The van der Waals surface area contributed by atoms with Crippen LogP contribution >= 0.6 is 0 Å². The van der Waals surface area contributed by atoms with Crippen molar-refractivity contribution in [1.29, 1.82) is 0 Å². The maximum Gasteiger partial charge on any atom is 0.337 e. The predicted molar refractivity (Wildman–Crippen MR) is 94.4 cm³/mol. The van der Waals surface area contributed by atoms with Gasteiger partial charge in [0.2, 0.25) is 5.91 Å². The number of esters is 1. The number of hydrogen-bond acceptors (Lipinski definition) is 4. The maximum absolute atomic E-state index is 12.6. The Morgan fingerprint density at radius 2 is 1.79 bits per heavy atom. The normalized spacial score (nSPS) is 18.5. The van der Waals surface area contributed by atoms with Crippen molar-refractivity contribution in [3.63, 3.8) is 0 Å². The highest BCUT2D eigenvalue weighted by molar-refractivity contribution is 5.99. The summed E-state index contributed by atoms with van der Waals surface area (Å²) >= 11 is 0. The highest BCUT2D eigenvalue weighted by atomic mass is 16.5. The van der Waals surface area contributed by atoms with Gasteiger partial charge < -0.3 is 15.0 Å². The highest BCUT2D eigenvalue weighted by Gasteiger charge is 2.24. The molecule has 24 heavy (non-hydrogen) atoms. The number of methoxy groups -OCH3 is 1. The summed E-state index contributed by atoms with van der Waals surface area (Å²) in [6.07, 6.45) is 7.71.